The predicted molar refractivity (Wildman–Crippen MR) is 60.7 cm³/mol. The zero-order chi connectivity index (χ0) is 12.3. The largest absolute Gasteiger partial charge is 0.482 e. The summed E-state index contributed by atoms with van der Waals surface area (Å²) in [6.07, 6.45) is -1.05. The van der Waals surface area contributed by atoms with Gasteiger partial charge in [-0.1, -0.05) is 12.1 Å². The van der Waals surface area contributed by atoms with Crippen LogP contribution >= 0.6 is 0 Å². The minimum atomic E-state index is -0.698. The van der Waals surface area contributed by atoms with Crippen LogP contribution in [0.1, 0.15) is 13.8 Å². The Balaban J connectivity index is 2.09. The number of hydrogen-bond donors (Lipinski definition) is 1. The third-order valence-corrected chi connectivity index (χ3v) is 2.42. The highest BCUT2D eigenvalue weighted by Crippen LogP contribution is 2.33. The fourth-order valence-electron chi connectivity index (χ4n) is 1.61. The van der Waals surface area contributed by atoms with Crippen LogP contribution in [0.5, 0.6) is 11.5 Å². The number of hydrogen-bond acceptors (Lipinski definition) is 4. The lowest BCUT2D eigenvalue weighted by molar-refractivity contribution is -0.145. The van der Waals surface area contributed by atoms with Gasteiger partial charge in [0.25, 0.3) is 5.91 Å². The van der Waals surface area contributed by atoms with Crippen molar-refractivity contribution in [2.45, 2.75) is 26.1 Å². The van der Waals surface area contributed by atoms with Crippen LogP contribution in [0, 0.1) is 0 Å². The summed E-state index contributed by atoms with van der Waals surface area (Å²) < 4.78 is 11.2. The van der Waals surface area contributed by atoms with Crippen LogP contribution < -0.4 is 15.0 Å². The molecule has 0 aromatic heterocycles. The summed E-state index contributed by atoms with van der Waals surface area (Å²) in [5, 5.41) is 0. The maximum Gasteiger partial charge on any atom is 0.288 e. The lowest BCUT2D eigenvalue weighted by Crippen LogP contribution is -2.48. The number of amides is 1. The minimum absolute atomic E-state index is 0.339. The average Bonchev–Trinajstić information content (AvgIpc) is 2.35. The van der Waals surface area contributed by atoms with Crippen molar-refractivity contribution in [3.63, 3.8) is 0 Å². The van der Waals surface area contributed by atoms with E-state index >= 15 is 0 Å². The number of carbonyl (C=O) groups excluding carboxylic acids is 1. The number of para-hydroxylation sites is 2. The van der Waals surface area contributed by atoms with Gasteiger partial charge < -0.3 is 9.47 Å². The Bertz CT molecular complexity index is 407. The lowest BCUT2D eigenvalue weighted by Gasteiger charge is -2.30. The molecule has 92 valence electrons. The normalized spacial score (nSPS) is 22.0. The molecule has 5 heteroatoms. The van der Waals surface area contributed by atoms with Crippen molar-refractivity contribution in [3.05, 3.63) is 24.3 Å². The van der Waals surface area contributed by atoms with Crippen molar-refractivity contribution in [2.75, 3.05) is 6.61 Å². The van der Waals surface area contributed by atoms with E-state index < -0.39 is 6.10 Å². The first-order valence-corrected chi connectivity index (χ1v) is 5.56. The average molecular weight is 237 g/mol. The highest BCUT2D eigenvalue weighted by molar-refractivity contribution is 5.81. The Morgan fingerprint density at radius 2 is 2.00 bits per heavy atom. The van der Waals surface area contributed by atoms with Crippen molar-refractivity contribution in [2.24, 2.45) is 0 Å². The molecular formula is C12H15NO4. The highest BCUT2D eigenvalue weighted by Gasteiger charge is 2.34. The second-order valence-corrected chi connectivity index (χ2v) is 3.71. The second kappa shape index (κ2) is 5.05. The van der Waals surface area contributed by atoms with Crippen LogP contribution in [0.25, 0.3) is 0 Å². The number of benzene rings is 1. The Kier molecular flexibility index (Phi) is 3.49. The molecule has 0 saturated heterocycles. The standard InChI is InChI=1S/C12H15NO4/c1-3-15-13-12(14)11-8(2)16-9-6-4-5-7-10(9)17-11/h4-8,11H,3H2,1-2H3,(H,13,14). The van der Waals surface area contributed by atoms with Gasteiger partial charge in [-0.3, -0.25) is 9.63 Å². The molecule has 1 amide bonds. The summed E-state index contributed by atoms with van der Waals surface area (Å²) in [7, 11) is 0. The lowest BCUT2D eigenvalue weighted by atomic mass is 10.1. The summed E-state index contributed by atoms with van der Waals surface area (Å²) in [5.41, 5.74) is 2.32. The number of carbonyl (C=O) groups is 1. The van der Waals surface area contributed by atoms with E-state index in [0.29, 0.717) is 18.1 Å². The molecule has 0 aliphatic carbocycles. The molecule has 1 heterocycles. The van der Waals surface area contributed by atoms with Crippen LogP contribution in [0.15, 0.2) is 24.3 Å². The van der Waals surface area contributed by atoms with Crippen LogP contribution in [0.2, 0.25) is 0 Å². The number of rotatable bonds is 3. The highest BCUT2D eigenvalue weighted by atomic mass is 16.7. The van der Waals surface area contributed by atoms with E-state index in [9.17, 15) is 4.79 Å². The van der Waals surface area contributed by atoms with Crippen LogP contribution in [0.3, 0.4) is 0 Å². The number of ether oxygens (including phenoxy) is 2. The van der Waals surface area contributed by atoms with Gasteiger partial charge >= 0.3 is 0 Å². The molecule has 17 heavy (non-hydrogen) atoms. The summed E-state index contributed by atoms with van der Waals surface area (Å²) in [5.74, 6) is 0.886. The molecule has 2 unspecified atom stereocenters. The molecule has 0 saturated carbocycles. The fraction of sp³-hybridized carbons (Fsp3) is 0.417. The van der Waals surface area contributed by atoms with Crippen molar-refractivity contribution >= 4 is 5.91 Å². The molecule has 1 aromatic rings. The van der Waals surface area contributed by atoms with Gasteiger partial charge in [-0.05, 0) is 26.0 Å². The molecule has 1 aliphatic rings. The van der Waals surface area contributed by atoms with E-state index in [2.05, 4.69) is 5.48 Å². The fourth-order valence-corrected chi connectivity index (χ4v) is 1.61. The van der Waals surface area contributed by atoms with Gasteiger partial charge in [0.1, 0.15) is 6.10 Å². The minimum Gasteiger partial charge on any atom is -0.482 e. The maximum atomic E-state index is 11.7. The Morgan fingerprint density at radius 1 is 1.35 bits per heavy atom. The zero-order valence-electron chi connectivity index (χ0n) is 9.80. The molecule has 1 N–H and O–H groups in total. The molecule has 5 nitrogen and oxygen atoms in total. The summed E-state index contributed by atoms with van der Waals surface area (Å²) in [6.45, 7) is 3.98. The van der Waals surface area contributed by atoms with Gasteiger partial charge in [-0.2, -0.15) is 0 Å². The topological polar surface area (TPSA) is 56.8 Å². The molecule has 2 rings (SSSR count). The quantitative estimate of drug-likeness (QED) is 0.805. The number of fused-ring (bicyclic) bond motifs is 1. The van der Waals surface area contributed by atoms with E-state index in [1.54, 1.807) is 19.9 Å². The summed E-state index contributed by atoms with van der Waals surface area (Å²) in [4.78, 5) is 16.6. The van der Waals surface area contributed by atoms with Gasteiger partial charge in [0.05, 0.1) is 6.61 Å². The van der Waals surface area contributed by atoms with E-state index in [1.807, 2.05) is 18.2 Å². The second-order valence-electron chi connectivity index (χ2n) is 3.71. The third-order valence-electron chi connectivity index (χ3n) is 2.42. The van der Waals surface area contributed by atoms with Gasteiger partial charge in [0.2, 0.25) is 6.10 Å². The van der Waals surface area contributed by atoms with Crippen molar-refractivity contribution in [3.8, 4) is 11.5 Å². The third kappa shape index (κ3) is 2.50. The SMILES string of the molecule is CCONC(=O)C1Oc2ccccc2OC1C. The molecule has 1 aromatic carbocycles. The van der Waals surface area contributed by atoms with E-state index in [-0.39, 0.29) is 12.0 Å². The number of hydroxylamine groups is 1. The van der Waals surface area contributed by atoms with Crippen LogP contribution in [0.4, 0.5) is 0 Å². The smallest absolute Gasteiger partial charge is 0.288 e. The molecule has 0 fully saturated rings. The van der Waals surface area contributed by atoms with E-state index in [1.165, 1.54) is 0 Å². The molecule has 2 atom stereocenters. The summed E-state index contributed by atoms with van der Waals surface area (Å²) in [6, 6.07) is 7.26. The molecule has 1 aliphatic heterocycles. The predicted octanol–water partition coefficient (Wildman–Crippen LogP) is 1.28. The monoisotopic (exact) mass is 237 g/mol. The number of nitrogens with one attached hydrogen (secondary N) is 1. The zero-order valence-corrected chi connectivity index (χ0v) is 9.80. The van der Waals surface area contributed by atoms with Gasteiger partial charge in [-0.25, -0.2) is 5.48 Å². The van der Waals surface area contributed by atoms with Crippen molar-refractivity contribution in [1.82, 2.24) is 5.48 Å². The van der Waals surface area contributed by atoms with E-state index in [4.69, 9.17) is 14.3 Å². The van der Waals surface area contributed by atoms with E-state index in [0.717, 1.165) is 0 Å². The molecule has 0 bridgehead atoms. The first kappa shape index (κ1) is 11.7. The van der Waals surface area contributed by atoms with Crippen molar-refractivity contribution in [1.29, 1.82) is 0 Å². The van der Waals surface area contributed by atoms with Gasteiger partial charge in [-0.15, -0.1) is 0 Å². The first-order valence-electron chi connectivity index (χ1n) is 5.56. The van der Waals surface area contributed by atoms with Crippen LogP contribution in [-0.2, 0) is 9.63 Å². The Hall–Kier alpha value is -1.75. The Morgan fingerprint density at radius 3 is 2.65 bits per heavy atom. The molecule has 0 radical (unpaired) electrons. The van der Waals surface area contributed by atoms with Crippen LogP contribution in [-0.4, -0.2) is 24.7 Å². The molecular weight excluding hydrogens is 222 g/mol. The summed E-state index contributed by atoms with van der Waals surface area (Å²) >= 11 is 0. The van der Waals surface area contributed by atoms with Crippen molar-refractivity contribution < 1.29 is 19.1 Å². The maximum absolute atomic E-state index is 11.7. The van der Waals surface area contributed by atoms with Gasteiger partial charge in [0, 0.05) is 0 Å². The van der Waals surface area contributed by atoms with Gasteiger partial charge in [0.15, 0.2) is 11.5 Å². The first-order chi connectivity index (χ1) is 8.22. The molecule has 0 spiro atoms. The Labute approximate surface area is 99.6 Å².